The number of piperidine rings is 1. The van der Waals surface area contributed by atoms with Crippen molar-refractivity contribution in [3.05, 3.63) is 0 Å². The van der Waals surface area contributed by atoms with Crippen LogP contribution in [0, 0.1) is 5.92 Å². The van der Waals surface area contributed by atoms with Crippen LogP contribution in [0.15, 0.2) is 0 Å². The highest BCUT2D eigenvalue weighted by molar-refractivity contribution is 5.69. The number of ether oxygens (including phenoxy) is 1. The summed E-state index contributed by atoms with van der Waals surface area (Å²) in [6.45, 7) is 1.89. The summed E-state index contributed by atoms with van der Waals surface area (Å²) in [5.74, 6) is 0.189. The van der Waals surface area contributed by atoms with Crippen LogP contribution in [-0.4, -0.2) is 35.9 Å². The van der Waals surface area contributed by atoms with Crippen LogP contribution in [0.3, 0.4) is 0 Å². The number of aliphatic hydroxyl groups is 1. The Bertz CT molecular complexity index is 305. The van der Waals surface area contributed by atoms with Crippen molar-refractivity contribution in [1.29, 1.82) is 0 Å². The number of carbonyl (C=O) groups is 1. The van der Waals surface area contributed by atoms with Gasteiger partial charge in [-0.2, -0.15) is 0 Å². The molecule has 0 bridgehead atoms. The maximum absolute atomic E-state index is 11.4. The Morgan fingerprint density at radius 2 is 2.11 bits per heavy atom. The Kier molecular flexibility index (Phi) is 4.28. The largest absolute Gasteiger partial charge is 0.469 e. The lowest BCUT2D eigenvalue weighted by molar-refractivity contribution is -0.141. The first-order valence-corrected chi connectivity index (χ1v) is 7.10. The molecule has 4 atom stereocenters. The van der Waals surface area contributed by atoms with E-state index in [0.717, 1.165) is 32.1 Å². The van der Waals surface area contributed by atoms with Gasteiger partial charge in [0.2, 0.25) is 0 Å². The number of hydrogen-bond acceptors (Lipinski definition) is 4. The van der Waals surface area contributed by atoms with E-state index in [0.29, 0.717) is 12.3 Å². The average molecular weight is 255 g/mol. The summed E-state index contributed by atoms with van der Waals surface area (Å²) in [5, 5.41) is 13.6. The highest BCUT2D eigenvalue weighted by Gasteiger charge is 2.47. The molecule has 0 aromatic carbocycles. The summed E-state index contributed by atoms with van der Waals surface area (Å²) in [5.41, 5.74) is 0.0606. The molecule has 2 aliphatic rings. The van der Waals surface area contributed by atoms with E-state index in [9.17, 15) is 9.90 Å². The monoisotopic (exact) mass is 255 g/mol. The average Bonchev–Trinajstić information content (AvgIpc) is 2.72. The summed E-state index contributed by atoms with van der Waals surface area (Å²) >= 11 is 0. The van der Waals surface area contributed by atoms with Gasteiger partial charge in [0.1, 0.15) is 0 Å². The van der Waals surface area contributed by atoms with E-state index in [-0.39, 0.29) is 23.7 Å². The molecule has 0 aromatic rings. The van der Waals surface area contributed by atoms with Gasteiger partial charge in [0, 0.05) is 17.5 Å². The van der Waals surface area contributed by atoms with Crippen LogP contribution in [0.5, 0.6) is 0 Å². The molecule has 0 aromatic heterocycles. The number of hydrogen-bond donors (Lipinski definition) is 2. The molecule has 0 amide bonds. The second-order valence-electron chi connectivity index (χ2n) is 5.91. The number of nitrogens with one attached hydrogen (secondary N) is 1. The number of aliphatic hydroxyl groups excluding tert-OH is 1. The van der Waals surface area contributed by atoms with Gasteiger partial charge >= 0.3 is 5.97 Å². The summed E-state index contributed by atoms with van der Waals surface area (Å²) in [6, 6.07) is 0.213. The topological polar surface area (TPSA) is 58.6 Å². The van der Waals surface area contributed by atoms with E-state index in [4.69, 9.17) is 4.74 Å². The normalized spacial score (nSPS) is 37.7. The van der Waals surface area contributed by atoms with Crippen LogP contribution < -0.4 is 5.32 Å². The lowest BCUT2D eigenvalue weighted by atomic mass is 9.75. The number of esters is 1. The van der Waals surface area contributed by atoms with E-state index in [1.807, 2.05) is 6.92 Å². The van der Waals surface area contributed by atoms with Crippen LogP contribution in [-0.2, 0) is 9.53 Å². The van der Waals surface area contributed by atoms with Crippen LogP contribution in [0.1, 0.15) is 51.9 Å². The first-order valence-electron chi connectivity index (χ1n) is 7.10. The van der Waals surface area contributed by atoms with Gasteiger partial charge in [-0.05, 0) is 32.6 Å². The van der Waals surface area contributed by atoms with E-state index in [1.54, 1.807) is 0 Å². The zero-order valence-corrected chi connectivity index (χ0v) is 11.4. The van der Waals surface area contributed by atoms with Gasteiger partial charge in [-0.15, -0.1) is 0 Å². The fourth-order valence-electron chi connectivity index (χ4n) is 3.94. The molecule has 2 fully saturated rings. The van der Waals surface area contributed by atoms with Gasteiger partial charge < -0.3 is 15.2 Å². The molecule has 4 heteroatoms. The molecule has 1 saturated carbocycles. The van der Waals surface area contributed by atoms with Crippen molar-refractivity contribution in [2.45, 2.75) is 69.6 Å². The van der Waals surface area contributed by atoms with E-state index >= 15 is 0 Å². The molecule has 1 aliphatic heterocycles. The molecule has 2 N–H and O–H groups in total. The lowest BCUT2D eigenvalue weighted by Gasteiger charge is -2.45. The third kappa shape index (κ3) is 2.69. The van der Waals surface area contributed by atoms with Crippen molar-refractivity contribution >= 4 is 5.97 Å². The van der Waals surface area contributed by atoms with Crippen molar-refractivity contribution < 1.29 is 14.6 Å². The molecule has 1 aliphatic carbocycles. The summed E-state index contributed by atoms with van der Waals surface area (Å²) in [4.78, 5) is 11.4. The minimum absolute atomic E-state index is 0.0606. The predicted molar refractivity (Wildman–Crippen MR) is 69.2 cm³/mol. The molecule has 4 nitrogen and oxygen atoms in total. The zero-order valence-electron chi connectivity index (χ0n) is 11.4. The van der Waals surface area contributed by atoms with E-state index < -0.39 is 0 Å². The molecule has 104 valence electrons. The second-order valence-corrected chi connectivity index (χ2v) is 5.91. The third-order valence-corrected chi connectivity index (χ3v) is 4.74. The molecule has 1 spiro atoms. The molecule has 1 heterocycles. The summed E-state index contributed by atoms with van der Waals surface area (Å²) in [7, 11) is 1.44. The molecular weight excluding hydrogens is 230 g/mol. The van der Waals surface area contributed by atoms with Gasteiger partial charge in [0.25, 0.3) is 0 Å². The minimum Gasteiger partial charge on any atom is -0.469 e. The molecule has 0 radical (unpaired) electrons. The first kappa shape index (κ1) is 13.8. The van der Waals surface area contributed by atoms with Crippen LogP contribution in [0.25, 0.3) is 0 Å². The first-order chi connectivity index (χ1) is 8.57. The zero-order chi connectivity index (χ0) is 13.2. The predicted octanol–water partition coefficient (Wildman–Crippen LogP) is 1.61. The molecule has 2 rings (SSSR count). The Morgan fingerprint density at radius 1 is 1.44 bits per heavy atom. The lowest BCUT2D eigenvalue weighted by Crippen LogP contribution is -2.58. The SMILES string of the molecule is COC(=O)C[C@H]1CCC[C@]2(CCC[C@@H]2[C@H](C)O)N1. The number of rotatable bonds is 3. The minimum atomic E-state index is -0.267. The highest BCUT2D eigenvalue weighted by atomic mass is 16.5. The second kappa shape index (κ2) is 5.57. The van der Waals surface area contributed by atoms with Crippen molar-refractivity contribution in [3.63, 3.8) is 0 Å². The molecular formula is C14H25NO3. The van der Waals surface area contributed by atoms with Gasteiger partial charge in [-0.1, -0.05) is 12.8 Å². The molecule has 0 unspecified atom stereocenters. The van der Waals surface area contributed by atoms with Crippen molar-refractivity contribution in [1.82, 2.24) is 5.32 Å². The fourth-order valence-corrected chi connectivity index (χ4v) is 3.94. The van der Waals surface area contributed by atoms with E-state index in [1.165, 1.54) is 13.5 Å². The van der Waals surface area contributed by atoms with Gasteiger partial charge in [0.15, 0.2) is 0 Å². The van der Waals surface area contributed by atoms with Gasteiger partial charge in [-0.3, -0.25) is 4.79 Å². The van der Waals surface area contributed by atoms with Gasteiger partial charge in [-0.25, -0.2) is 0 Å². The summed E-state index contributed by atoms with van der Waals surface area (Å²) < 4.78 is 4.75. The van der Waals surface area contributed by atoms with Crippen molar-refractivity contribution in [3.8, 4) is 0 Å². The maximum Gasteiger partial charge on any atom is 0.307 e. The summed E-state index contributed by atoms with van der Waals surface area (Å²) in [6.07, 6.45) is 6.87. The standard InChI is InChI=1S/C14H25NO3/c1-10(16)12-6-4-8-14(12)7-3-5-11(15-14)9-13(17)18-2/h10-12,15-16H,3-9H2,1-2H3/t10-,11+,12+,14+/m0/s1. The Hall–Kier alpha value is -0.610. The Balaban J connectivity index is 2.02. The highest BCUT2D eigenvalue weighted by Crippen LogP contribution is 2.44. The van der Waals surface area contributed by atoms with Crippen LogP contribution in [0.4, 0.5) is 0 Å². The van der Waals surface area contributed by atoms with Crippen molar-refractivity contribution in [2.24, 2.45) is 5.92 Å². The fraction of sp³-hybridized carbons (Fsp3) is 0.929. The third-order valence-electron chi connectivity index (χ3n) is 4.74. The van der Waals surface area contributed by atoms with E-state index in [2.05, 4.69) is 5.32 Å². The van der Waals surface area contributed by atoms with Crippen LogP contribution >= 0.6 is 0 Å². The maximum atomic E-state index is 11.4. The Labute approximate surface area is 109 Å². The molecule has 18 heavy (non-hydrogen) atoms. The Morgan fingerprint density at radius 3 is 2.72 bits per heavy atom. The van der Waals surface area contributed by atoms with Gasteiger partial charge in [0.05, 0.1) is 19.6 Å². The molecule has 1 saturated heterocycles. The number of carbonyl (C=O) groups excluding carboxylic acids is 1. The quantitative estimate of drug-likeness (QED) is 0.752. The number of methoxy groups -OCH3 is 1. The van der Waals surface area contributed by atoms with Crippen molar-refractivity contribution in [2.75, 3.05) is 7.11 Å². The smallest absolute Gasteiger partial charge is 0.307 e. The van der Waals surface area contributed by atoms with Crippen LogP contribution in [0.2, 0.25) is 0 Å².